The SMILES string of the molecule is CC(C)CC(C/C=C1\CC(CO)(COC(=O)C(C)(C)C)OC1=S)CC(C)C. The van der Waals surface area contributed by atoms with Gasteiger partial charge in [-0.15, -0.1) is 0 Å². The lowest BCUT2D eigenvalue weighted by Gasteiger charge is -2.27. The summed E-state index contributed by atoms with van der Waals surface area (Å²) in [6.45, 7) is 14.2. The molecule has 1 N–H and O–H groups in total. The molecule has 0 amide bonds. The molecule has 1 fully saturated rings. The maximum Gasteiger partial charge on any atom is 0.311 e. The number of carbonyl (C=O) groups excluding carboxylic acids is 1. The highest BCUT2D eigenvalue weighted by Gasteiger charge is 2.43. The van der Waals surface area contributed by atoms with Crippen molar-refractivity contribution in [3.63, 3.8) is 0 Å². The first-order valence-corrected chi connectivity index (χ1v) is 10.5. The van der Waals surface area contributed by atoms with Crippen molar-refractivity contribution in [2.75, 3.05) is 13.2 Å². The van der Waals surface area contributed by atoms with Crippen LogP contribution in [0.4, 0.5) is 0 Å². The molecule has 1 aliphatic heterocycles. The van der Waals surface area contributed by atoms with Gasteiger partial charge in [-0.2, -0.15) is 0 Å². The lowest BCUT2D eigenvalue weighted by atomic mass is 9.86. The second-order valence-electron chi connectivity index (χ2n) is 9.82. The molecule has 27 heavy (non-hydrogen) atoms. The van der Waals surface area contributed by atoms with Crippen LogP contribution in [-0.4, -0.2) is 34.9 Å². The maximum absolute atomic E-state index is 12.1. The molecule has 0 aromatic carbocycles. The van der Waals surface area contributed by atoms with Gasteiger partial charge < -0.3 is 14.6 Å². The molecule has 5 heteroatoms. The van der Waals surface area contributed by atoms with Crippen LogP contribution in [0.3, 0.4) is 0 Å². The highest BCUT2D eigenvalue weighted by atomic mass is 32.1. The van der Waals surface area contributed by atoms with Crippen LogP contribution in [0.1, 0.15) is 74.1 Å². The van der Waals surface area contributed by atoms with E-state index in [-0.39, 0.29) is 19.2 Å². The fourth-order valence-electron chi connectivity index (χ4n) is 3.43. The first kappa shape index (κ1) is 24.1. The Morgan fingerprint density at radius 3 is 2.26 bits per heavy atom. The summed E-state index contributed by atoms with van der Waals surface area (Å²) in [5, 5.41) is 10.3. The van der Waals surface area contributed by atoms with E-state index in [1.54, 1.807) is 20.8 Å². The van der Waals surface area contributed by atoms with Gasteiger partial charge in [0, 0.05) is 12.0 Å². The van der Waals surface area contributed by atoms with Gasteiger partial charge in [-0.1, -0.05) is 33.8 Å². The summed E-state index contributed by atoms with van der Waals surface area (Å²) >= 11 is 5.39. The molecule has 1 aliphatic rings. The van der Waals surface area contributed by atoms with E-state index in [0.717, 1.165) is 12.0 Å². The van der Waals surface area contributed by atoms with Crippen molar-refractivity contribution in [1.29, 1.82) is 0 Å². The van der Waals surface area contributed by atoms with Gasteiger partial charge in [-0.25, -0.2) is 0 Å². The Bertz CT molecular complexity index is 535. The molecule has 1 unspecified atom stereocenters. The van der Waals surface area contributed by atoms with E-state index in [0.29, 0.717) is 29.2 Å². The molecule has 0 bridgehead atoms. The summed E-state index contributed by atoms with van der Waals surface area (Å²) in [7, 11) is 0. The molecule has 0 radical (unpaired) electrons. The Kier molecular flexibility index (Phi) is 8.94. The summed E-state index contributed by atoms with van der Waals surface area (Å²) < 4.78 is 11.2. The number of hydrogen-bond acceptors (Lipinski definition) is 5. The third kappa shape index (κ3) is 7.90. The molecule has 0 spiro atoms. The van der Waals surface area contributed by atoms with Crippen LogP contribution in [-0.2, 0) is 14.3 Å². The summed E-state index contributed by atoms with van der Waals surface area (Å²) in [6, 6.07) is 0. The molecular weight excluding hydrogens is 360 g/mol. The van der Waals surface area contributed by atoms with Gasteiger partial charge in [-0.05, 0) is 70.0 Å². The number of hydrogen-bond donors (Lipinski definition) is 1. The maximum atomic E-state index is 12.1. The smallest absolute Gasteiger partial charge is 0.311 e. The topological polar surface area (TPSA) is 55.8 Å². The Balaban J connectivity index is 2.78. The standard InChI is InChI=1S/C22H38O4S/c1-15(2)10-17(11-16(3)4)8-9-18-12-22(13-23,26-19(18)27)14-25-20(24)21(5,6)7/h9,15-17,23H,8,10-14H2,1-7H3/b18-9+. The highest BCUT2D eigenvalue weighted by Crippen LogP contribution is 2.34. The van der Waals surface area contributed by atoms with E-state index in [4.69, 9.17) is 21.7 Å². The van der Waals surface area contributed by atoms with Gasteiger partial charge in [0.15, 0.2) is 10.7 Å². The number of thiocarbonyl (C=S) groups is 1. The number of ether oxygens (including phenoxy) is 2. The van der Waals surface area contributed by atoms with Crippen molar-refractivity contribution < 1.29 is 19.4 Å². The molecule has 4 nitrogen and oxygen atoms in total. The fraction of sp³-hybridized carbons (Fsp3) is 0.818. The van der Waals surface area contributed by atoms with E-state index in [9.17, 15) is 9.90 Å². The van der Waals surface area contributed by atoms with Crippen LogP contribution in [0.25, 0.3) is 0 Å². The second-order valence-corrected chi connectivity index (χ2v) is 10.2. The first-order valence-electron chi connectivity index (χ1n) is 10.1. The molecule has 1 rings (SSSR count). The quantitative estimate of drug-likeness (QED) is 0.333. The van der Waals surface area contributed by atoms with E-state index >= 15 is 0 Å². The Morgan fingerprint density at radius 2 is 1.81 bits per heavy atom. The van der Waals surface area contributed by atoms with E-state index in [1.165, 1.54) is 12.8 Å². The highest BCUT2D eigenvalue weighted by molar-refractivity contribution is 7.80. The minimum atomic E-state index is -0.949. The number of aliphatic hydroxyl groups is 1. The minimum Gasteiger partial charge on any atom is -0.470 e. The first-order chi connectivity index (χ1) is 12.4. The Morgan fingerprint density at radius 1 is 1.26 bits per heavy atom. The molecular formula is C22H38O4S. The average Bonchev–Trinajstić information content (AvgIpc) is 2.85. The molecule has 0 aliphatic carbocycles. The molecule has 1 saturated heterocycles. The van der Waals surface area contributed by atoms with Gasteiger partial charge in [0.1, 0.15) is 6.61 Å². The summed E-state index contributed by atoms with van der Waals surface area (Å²) in [6.07, 6.45) is 5.98. The van der Waals surface area contributed by atoms with Crippen molar-refractivity contribution in [2.24, 2.45) is 23.2 Å². The Hall–Kier alpha value is -0.940. The minimum absolute atomic E-state index is 0.0124. The van der Waals surface area contributed by atoms with Gasteiger partial charge in [-0.3, -0.25) is 4.79 Å². The van der Waals surface area contributed by atoms with Gasteiger partial charge in [0.2, 0.25) is 0 Å². The van der Waals surface area contributed by atoms with Gasteiger partial charge in [0.05, 0.1) is 12.0 Å². The predicted octanol–water partition coefficient (Wildman–Crippen LogP) is 5.08. The van der Waals surface area contributed by atoms with Crippen LogP contribution in [0.5, 0.6) is 0 Å². The molecule has 1 atom stereocenters. The van der Waals surface area contributed by atoms with Crippen LogP contribution >= 0.6 is 12.2 Å². The number of allylic oxidation sites excluding steroid dienone is 1. The normalized spacial score (nSPS) is 22.2. The number of rotatable bonds is 9. The summed E-state index contributed by atoms with van der Waals surface area (Å²) in [5.74, 6) is 1.62. The monoisotopic (exact) mass is 398 g/mol. The van der Waals surface area contributed by atoms with Crippen molar-refractivity contribution >= 4 is 23.2 Å². The summed E-state index contributed by atoms with van der Waals surface area (Å²) in [5.41, 5.74) is -0.589. The zero-order chi connectivity index (χ0) is 20.8. The predicted molar refractivity (Wildman–Crippen MR) is 114 cm³/mol. The lowest BCUT2D eigenvalue weighted by Crippen LogP contribution is -2.40. The fourth-order valence-corrected chi connectivity index (χ4v) is 3.76. The number of carbonyl (C=O) groups is 1. The van der Waals surface area contributed by atoms with E-state index in [1.807, 2.05) is 0 Å². The van der Waals surface area contributed by atoms with Gasteiger partial charge in [0.25, 0.3) is 0 Å². The van der Waals surface area contributed by atoms with Crippen LogP contribution < -0.4 is 0 Å². The molecule has 0 aromatic rings. The van der Waals surface area contributed by atoms with Crippen LogP contribution in [0.2, 0.25) is 0 Å². The zero-order valence-corrected chi connectivity index (χ0v) is 18.9. The molecule has 156 valence electrons. The van der Waals surface area contributed by atoms with E-state index < -0.39 is 11.0 Å². The average molecular weight is 399 g/mol. The van der Waals surface area contributed by atoms with Crippen LogP contribution in [0, 0.1) is 23.2 Å². The largest absolute Gasteiger partial charge is 0.470 e. The van der Waals surface area contributed by atoms with Crippen molar-refractivity contribution in [2.45, 2.75) is 79.8 Å². The third-order valence-corrected chi connectivity index (χ3v) is 5.10. The summed E-state index contributed by atoms with van der Waals surface area (Å²) in [4.78, 5) is 12.1. The van der Waals surface area contributed by atoms with Crippen LogP contribution in [0.15, 0.2) is 11.6 Å². The number of esters is 1. The van der Waals surface area contributed by atoms with E-state index in [2.05, 4.69) is 33.8 Å². The zero-order valence-electron chi connectivity index (χ0n) is 18.1. The molecule has 0 saturated carbocycles. The van der Waals surface area contributed by atoms with Crippen molar-refractivity contribution in [3.05, 3.63) is 11.6 Å². The molecule has 1 heterocycles. The molecule has 0 aromatic heterocycles. The number of aliphatic hydroxyl groups excluding tert-OH is 1. The van der Waals surface area contributed by atoms with Crippen molar-refractivity contribution in [1.82, 2.24) is 0 Å². The lowest BCUT2D eigenvalue weighted by molar-refractivity contribution is -0.160. The Labute approximate surface area is 170 Å². The third-order valence-electron chi connectivity index (χ3n) is 4.76. The van der Waals surface area contributed by atoms with Gasteiger partial charge >= 0.3 is 5.97 Å². The second kappa shape index (κ2) is 10.0. The van der Waals surface area contributed by atoms with Crippen molar-refractivity contribution in [3.8, 4) is 0 Å².